The van der Waals surface area contributed by atoms with Crippen LogP contribution in [0.1, 0.15) is 91.9 Å². The molecule has 0 amide bonds. The van der Waals surface area contributed by atoms with Crippen molar-refractivity contribution in [2.45, 2.75) is 128 Å². The van der Waals surface area contributed by atoms with Crippen molar-refractivity contribution in [1.29, 1.82) is 0 Å². The maximum absolute atomic E-state index is 12.4. The minimum absolute atomic E-state index is 0.0232. The summed E-state index contributed by atoms with van der Waals surface area (Å²) >= 11 is 0. The van der Waals surface area contributed by atoms with Gasteiger partial charge in [-0.3, -0.25) is 4.79 Å². The van der Waals surface area contributed by atoms with Crippen LogP contribution >= 0.6 is 0 Å². The van der Waals surface area contributed by atoms with Gasteiger partial charge in [-0.2, -0.15) is 0 Å². The van der Waals surface area contributed by atoms with E-state index in [1.165, 1.54) is 0 Å². The molecular weight excluding hydrogens is 430 g/mol. The van der Waals surface area contributed by atoms with Gasteiger partial charge in [-0.1, -0.05) is 13.8 Å². The van der Waals surface area contributed by atoms with Crippen LogP contribution in [0.5, 0.6) is 0 Å². The molecule has 6 heteroatoms. The number of carbonyl (C=O) groups is 1. The molecule has 5 rings (SSSR count). The zero-order chi connectivity index (χ0) is 24.5. The Kier molecular flexibility index (Phi) is 6.50. The Bertz CT molecular complexity index is 791. The molecule has 0 radical (unpaired) electrons. The fourth-order valence-corrected chi connectivity index (χ4v) is 9.55. The zero-order valence-electron chi connectivity index (χ0n) is 21.9. The van der Waals surface area contributed by atoms with E-state index in [4.69, 9.17) is 19.9 Å². The molecule has 1 aliphatic heterocycles. The van der Waals surface area contributed by atoms with Crippen LogP contribution in [0.15, 0.2) is 0 Å². The number of rotatable bonds is 4. The highest BCUT2D eigenvalue weighted by Gasteiger charge is 2.67. The summed E-state index contributed by atoms with van der Waals surface area (Å²) in [6, 6.07) is -0.115. The first-order valence-electron chi connectivity index (χ1n) is 13.9. The second-order valence-corrected chi connectivity index (χ2v) is 13.0. The van der Waals surface area contributed by atoms with E-state index in [9.17, 15) is 9.90 Å². The molecule has 3 N–H and O–H groups in total. The van der Waals surface area contributed by atoms with Crippen molar-refractivity contribution in [1.82, 2.24) is 0 Å². The first kappa shape index (κ1) is 25.1. The molecule has 0 spiro atoms. The van der Waals surface area contributed by atoms with Gasteiger partial charge in [0.2, 0.25) is 0 Å². The summed E-state index contributed by atoms with van der Waals surface area (Å²) in [5.41, 5.74) is 5.54. The SMILES string of the molecule is COC1CC(OC2CCC3(C)C(CCC4C3CCC3(C)C(C(C)=O)CCC43O)C2)OC(C)C1N. The number of methoxy groups -OCH3 is 1. The van der Waals surface area contributed by atoms with Crippen LogP contribution in [0.3, 0.4) is 0 Å². The highest BCUT2D eigenvalue weighted by molar-refractivity contribution is 5.80. The molecule has 5 fully saturated rings. The highest BCUT2D eigenvalue weighted by atomic mass is 16.7. The summed E-state index contributed by atoms with van der Waals surface area (Å²) in [5.74, 6) is 1.77. The average molecular weight is 478 g/mol. The lowest BCUT2D eigenvalue weighted by molar-refractivity contribution is -0.255. The highest BCUT2D eigenvalue weighted by Crippen LogP contribution is 2.69. The van der Waals surface area contributed by atoms with Gasteiger partial charge in [-0.15, -0.1) is 0 Å². The van der Waals surface area contributed by atoms with E-state index in [0.717, 1.165) is 57.8 Å². The molecule has 12 atom stereocenters. The molecule has 4 aliphatic carbocycles. The van der Waals surface area contributed by atoms with Crippen LogP contribution in [0.25, 0.3) is 0 Å². The third-order valence-electron chi connectivity index (χ3n) is 11.7. The van der Waals surface area contributed by atoms with Crippen molar-refractivity contribution >= 4 is 5.78 Å². The maximum atomic E-state index is 12.4. The topological polar surface area (TPSA) is 91.0 Å². The van der Waals surface area contributed by atoms with E-state index >= 15 is 0 Å². The second-order valence-electron chi connectivity index (χ2n) is 13.0. The van der Waals surface area contributed by atoms with Crippen molar-refractivity contribution in [2.24, 2.45) is 40.2 Å². The van der Waals surface area contributed by atoms with E-state index < -0.39 is 5.60 Å². The number of aliphatic hydroxyl groups is 1. The molecule has 34 heavy (non-hydrogen) atoms. The van der Waals surface area contributed by atoms with Gasteiger partial charge in [0.15, 0.2) is 6.29 Å². The number of hydrogen-bond acceptors (Lipinski definition) is 6. The molecule has 4 saturated carbocycles. The zero-order valence-corrected chi connectivity index (χ0v) is 21.9. The van der Waals surface area contributed by atoms with Crippen molar-refractivity contribution < 1.29 is 24.1 Å². The lowest BCUT2D eigenvalue weighted by Gasteiger charge is -2.63. The second kappa shape index (κ2) is 8.79. The fourth-order valence-electron chi connectivity index (χ4n) is 9.55. The van der Waals surface area contributed by atoms with Crippen LogP contribution in [-0.2, 0) is 19.0 Å². The summed E-state index contributed by atoms with van der Waals surface area (Å²) in [6.45, 7) is 8.44. The molecular formula is C28H47NO5. The van der Waals surface area contributed by atoms with E-state index in [1.807, 2.05) is 6.92 Å². The Hall–Kier alpha value is -0.530. The Labute approximate surface area is 205 Å². The standard InChI is InChI=1S/C28H47NO5/c1-16(30)20-10-13-28(31)22-7-6-18-14-19(34-24-15-23(32-5)25(29)17(2)33-24)8-11-26(18,3)21(22)9-12-27(20,28)4/h17-25,31H,6-15,29H2,1-5H3. The summed E-state index contributed by atoms with van der Waals surface area (Å²) in [7, 11) is 1.72. The van der Waals surface area contributed by atoms with Crippen molar-refractivity contribution in [3.05, 3.63) is 0 Å². The molecule has 0 aromatic heterocycles. The van der Waals surface area contributed by atoms with Gasteiger partial charge in [0.05, 0.1) is 30.0 Å². The molecule has 12 unspecified atom stereocenters. The quantitative estimate of drug-likeness (QED) is 0.590. The predicted octanol–water partition coefficient (Wildman–Crippen LogP) is 4.21. The number of carbonyl (C=O) groups excluding carboxylic acids is 1. The third kappa shape index (κ3) is 3.65. The Balaban J connectivity index is 1.27. The average Bonchev–Trinajstić information content (AvgIpc) is 3.07. The summed E-state index contributed by atoms with van der Waals surface area (Å²) < 4.78 is 18.2. The van der Waals surface area contributed by atoms with Crippen LogP contribution < -0.4 is 5.73 Å². The number of fused-ring (bicyclic) bond motifs is 5. The largest absolute Gasteiger partial charge is 0.389 e. The van der Waals surface area contributed by atoms with Crippen molar-refractivity contribution in [3.8, 4) is 0 Å². The van der Waals surface area contributed by atoms with Crippen molar-refractivity contribution in [2.75, 3.05) is 7.11 Å². The molecule has 5 aliphatic rings. The van der Waals surface area contributed by atoms with Crippen LogP contribution in [0.4, 0.5) is 0 Å². The fraction of sp³-hybridized carbons (Fsp3) is 0.964. The van der Waals surface area contributed by atoms with E-state index in [2.05, 4.69) is 13.8 Å². The lowest BCUT2D eigenvalue weighted by Crippen LogP contribution is -2.62. The van der Waals surface area contributed by atoms with E-state index in [-0.39, 0.29) is 53.2 Å². The van der Waals surface area contributed by atoms with Gasteiger partial charge in [0.25, 0.3) is 0 Å². The molecule has 0 bridgehead atoms. The van der Waals surface area contributed by atoms with Gasteiger partial charge in [0, 0.05) is 24.9 Å². The van der Waals surface area contributed by atoms with Crippen LogP contribution in [0.2, 0.25) is 0 Å². The molecule has 1 saturated heterocycles. The van der Waals surface area contributed by atoms with Crippen molar-refractivity contribution in [3.63, 3.8) is 0 Å². The molecule has 0 aromatic rings. The van der Waals surface area contributed by atoms with Gasteiger partial charge < -0.3 is 25.1 Å². The monoisotopic (exact) mass is 477 g/mol. The van der Waals surface area contributed by atoms with Gasteiger partial charge in [-0.25, -0.2) is 0 Å². The number of nitrogens with two attached hydrogens (primary N) is 1. The van der Waals surface area contributed by atoms with Gasteiger partial charge in [-0.05, 0) is 94.8 Å². The van der Waals surface area contributed by atoms with Crippen LogP contribution in [-0.4, -0.2) is 54.2 Å². The lowest BCUT2D eigenvalue weighted by atomic mass is 9.43. The molecule has 0 aromatic carbocycles. The van der Waals surface area contributed by atoms with E-state index in [1.54, 1.807) is 14.0 Å². The molecule has 6 nitrogen and oxygen atoms in total. The van der Waals surface area contributed by atoms with Gasteiger partial charge in [0.1, 0.15) is 5.78 Å². The maximum Gasteiger partial charge on any atom is 0.160 e. The number of ether oxygens (including phenoxy) is 3. The summed E-state index contributed by atoms with van der Waals surface area (Å²) in [5, 5.41) is 12.1. The third-order valence-corrected chi connectivity index (χ3v) is 11.7. The first-order chi connectivity index (χ1) is 16.0. The first-order valence-corrected chi connectivity index (χ1v) is 13.9. The number of Topliss-reactive ketones (excluding diaryl/α,β-unsaturated/α-hetero) is 1. The van der Waals surface area contributed by atoms with Crippen LogP contribution in [0, 0.1) is 34.5 Å². The van der Waals surface area contributed by atoms with E-state index in [0.29, 0.717) is 24.2 Å². The number of hydrogen-bond donors (Lipinski definition) is 2. The van der Waals surface area contributed by atoms with Gasteiger partial charge >= 0.3 is 0 Å². The molecule has 1 heterocycles. The number of ketones is 1. The Morgan fingerprint density at radius 3 is 2.50 bits per heavy atom. The molecule has 194 valence electrons. The normalized spacial score (nSPS) is 55.2. The smallest absolute Gasteiger partial charge is 0.160 e. The minimum Gasteiger partial charge on any atom is -0.389 e. The summed E-state index contributed by atoms with van der Waals surface area (Å²) in [4.78, 5) is 12.4. The summed E-state index contributed by atoms with van der Waals surface area (Å²) in [6.07, 6.45) is 9.80. The Morgan fingerprint density at radius 2 is 1.79 bits per heavy atom. The Morgan fingerprint density at radius 1 is 1.03 bits per heavy atom. The predicted molar refractivity (Wildman–Crippen MR) is 130 cm³/mol. The minimum atomic E-state index is -0.687.